The van der Waals surface area contributed by atoms with E-state index in [1.807, 2.05) is 6.92 Å². The van der Waals surface area contributed by atoms with Gasteiger partial charge in [-0.2, -0.15) is 20.4 Å². The summed E-state index contributed by atoms with van der Waals surface area (Å²) in [5.74, 6) is -1.17. The SMILES string of the molecule is CCCC(NC(=O)c1ccsc1)C(=O)N1CCC2C1C(=O)CN2S(=O)(=O)c1cccc[n+]1[O-]. The maximum absolute atomic E-state index is 13.3. The minimum Gasteiger partial charge on any atom is -0.618 e. The molecular weight excluding hydrogens is 468 g/mol. The van der Waals surface area contributed by atoms with E-state index in [0.29, 0.717) is 18.4 Å². The summed E-state index contributed by atoms with van der Waals surface area (Å²) in [6.45, 7) is 1.67. The molecule has 3 atom stereocenters. The van der Waals surface area contributed by atoms with Crippen molar-refractivity contribution < 1.29 is 27.5 Å². The molecule has 4 rings (SSSR count). The molecule has 2 saturated heterocycles. The molecule has 0 bridgehead atoms. The fourth-order valence-corrected chi connectivity index (χ4v) is 6.74. The molecule has 4 heterocycles. The first-order valence-electron chi connectivity index (χ1n) is 10.6. The number of pyridine rings is 1. The molecule has 10 nitrogen and oxygen atoms in total. The molecule has 0 radical (unpaired) electrons. The van der Waals surface area contributed by atoms with E-state index in [9.17, 15) is 28.0 Å². The van der Waals surface area contributed by atoms with Gasteiger partial charge in [-0.25, -0.2) is 8.42 Å². The Morgan fingerprint density at radius 1 is 1.33 bits per heavy atom. The zero-order chi connectivity index (χ0) is 23.8. The minimum atomic E-state index is -4.23. The highest BCUT2D eigenvalue weighted by Crippen LogP contribution is 2.33. The lowest BCUT2D eigenvalue weighted by molar-refractivity contribution is -0.646. The third-order valence-corrected chi connectivity index (χ3v) is 8.53. The summed E-state index contributed by atoms with van der Waals surface area (Å²) in [4.78, 5) is 40.1. The van der Waals surface area contributed by atoms with E-state index in [4.69, 9.17) is 0 Å². The number of nitrogens with one attached hydrogen (secondary N) is 1. The van der Waals surface area contributed by atoms with Crippen LogP contribution in [0.4, 0.5) is 0 Å². The maximum atomic E-state index is 13.3. The summed E-state index contributed by atoms with van der Waals surface area (Å²) in [6.07, 6.45) is 2.37. The van der Waals surface area contributed by atoms with Gasteiger partial charge in [0, 0.05) is 24.1 Å². The molecule has 12 heteroatoms. The Morgan fingerprint density at radius 2 is 2.12 bits per heavy atom. The van der Waals surface area contributed by atoms with Crippen molar-refractivity contribution in [2.75, 3.05) is 13.1 Å². The van der Waals surface area contributed by atoms with Crippen molar-refractivity contribution in [1.82, 2.24) is 14.5 Å². The smallest absolute Gasteiger partial charge is 0.323 e. The van der Waals surface area contributed by atoms with E-state index in [2.05, 4.69) is 5.32 Å². The number of likely N-dealkylation sites (tertiary alicyclic amines) is 1. The summed E-state index contributed by atoms with van der Waals surface area (Å²) in [5, 5.41) is 17.8. The average molecular weight is 493 g/mol. The Hall–Kier alpha value is -2.83. The number of thiophene rings is 1. The first-order chi connectivity index (χ1) is 15.8. The molecule has 2 fully saturated rings. The Morgan fingerprint density at radius 3 is 2.79 bits per heavy atom. The van der Waals surface area contributed by atoms with E-state index >= 15 is 0 Å². The van der Waals surface area contributed by atoms with Gasteiger partial charge < -0.3 is 15.4 Å². The number of amides is 2. The number of hydrogen-bond donors (Lipinski definition) is 1. The van der Waals surface area contributed by atoms with Gasteiger partial charge in [0.2, 0.25) is 5.91 Å². The number of fused-ring (bicyclic) bond motifs is 1. The second-order valence-corrected chi connectivity index (χ2v) is 10.7. The van der Waals surface area contributed by atoms with Crippen molar-refractivity contribution in [3.8, 4) is 0 Å². The van der Waals surface area contributed by atoms with Crippen LogP contribution in [0.15, 0.2) is 46.2 Å². The summed E-state index contributed by atoms with van der Waals surface area (Å²) < 4.78 is 27.5. The highest BCUT2D eigenvalue weighted by atomic mass is 32.2. The fourth-order valence-electron chi connectivity index (χ4n) is 4.45. The van der Waals surface area contributed by atoms with Crippen molar-refractivity contribution in [3.63, 3.8) is 0 Å². The largest absolute Gasteiger partial charge is 0.618 e. The van der Waals surface area contributed by atoms with Gasteiger partial charge in [0.1, 0.15) is 12.1 Å². The number of sulfonamides is 1. The average Bonchev–Trinajstić information content (AvgIpc) is 3.52. The highest BCUT2D eigenvalue weighted by Gasteiger charge is 2.55. The number of carbonyl (C=O) groups is 3. The molecule has 0 aliphatic carbocycles. The van der Waals surface area contributed by atoms with Crippen LogP contribution in [-0.2, 0) is 19.6 Å². The number of carbonyl (C=O) groups excluding carboxylic acids is 3. The Balaban J connectivity index is 1.55. The third-order valence-electron chi connectivity index (χ3n) is 5.99. The van der Waals surface area contributed by atoms with Crippen LogP contribution in [0.5, 0.6) is 0 Å². The lowest BCUT2D eigenvalue weighted by Crippen LogP contribution is -2.52. The van der Waals surface area contributed by atoms with E-state index in [1.165, 1.54) is 34.4 Å². The summed E-state index contributed by atoms with van der Waals surface area (Å²) >= 11 is 1.37. The molecule has 2 aliphatic heterocycles. The molecule has 176 valence electrons. The second-order valence-electron chi connectivity index (χ2n) is 8.04. The third kappa shape index (κ3) is 4.25. The van der Waals surface area contributed by atoms with Crippen molar-refractivity contribution in [3.05, 3.63) is 52.0 Å². The molecule has 0 spiro atoms. The molecule has 3 unspecified atom stereocenters. The fraction of sp³-hybridized carbons (Fsp3) is 0.429. The summed E-state index contributed by atoms with van der Waals surface area (Å²) in [7, 11) is -4.23. The molecule has 2 aromatic heterocycles. The highest BCUT2D eigenvalue weighted by molar-refractivity contribution is 7.89. The lowest BCUT2D eigenvalue weighted by atomic mass is 10.1. The monoisotopic (exact) mass is 492 g/mol. The Kier molecular flexibility index (Phi) is 6.50. The topological polar surface area (TPSA) is 131 Å². The van der Waals surface area contributed by atoms with Crippen molar-refractivity contribution in [2.24, 2.45) is 0 Å². The minimum absolute atomic E-state index is 0.187. The zero-order valence-electron chi connectivity index (χ0n) is 17.9. The zero-order valence-corrected chi connectivity index (χ0v) is 19.5. The van der Waals surface area contributed by atoms with Gasteiger partial charge in [-0.15, -0.1) is 0 Å². The van der Waals surface area contributed by atoms with Gasteiger partial charge in [-0.3, -0.25) is 14.4 Å². The number of Topliss-reactive ketones (excluding diaryl/α,β-unsaturated/α-hetero) is 1. The van der Waals surface area contributed by atoms with Crippen LogP contribution < -0.4 is 10.0 Å². The van der Waals surface area contributed by atoms with E-state index in [-0.39, 0.29) is 23.6 Å². The normalized spacial score (nSPS) is 21.7. The van der Waals surface area contributed by atoms with Crippen LogP contribution in [0.3, 0.4) is 0 Å². The van der Waals surface area contributed by atoms with E-state index < -0.39 is 51.4 Å². The van der Waals surface area contributed by atoms with Gasteiger partial charge in [-0.1, -0.05) is 13.3 Å². The maximum Gasteiger partial charge on any atom is 0.323 e. The van der Waals surface area contributed by atoms with E-state index in [0.717, 1.165) is 10.5 Å². The standard InChI is InChI=1S/C21H24N4O6S2/c1-2-5-15(22-20(27)14-8-11-32-13-14)21(28)23-10-7-16-19(23)17(26)12-25(16)33(30,31)18-6-3-4-9-24(18)29/h3-4,6,8-9,11,13,15-16,19H,2,5,7,10,12H2,1H3,(H,22,27). The Bertz CT molecular complexity index is 1170. The second kappa shape index (κ2) is 9.20. The van der Waals surface area contributed by atoms with Gasteiger partial charge >= 0.3 is 15.0 Å². The van der Waals surface area contributed by atoms with E-state index in [1.54, 1.807) is 16.8 Å². The van der Waals surface area contributed by atoms with Crippen LogP contribution in [-0.4, -0.2) is 66.4 Å². The van der Waals surface area contributed by atoms with Crippen LogP contribution in [0.25, 0.3) is 0 Å². The number of aromatic nitrogens is 1. The van der Waals surface area contributed by atoms with Crippen molar-refractivity contribution in [2.45, 2.75) is 49.3 Å². The lowest BCUT2D eigenvalue weighted by Gasteiger charge is -2.28. The summed E-state index contributed by atoms with van der Waals surface area (Å²) in [5.41, 5.74) is 0.455. The molecule has 2 aromatic rings. The van der Waals surface area contributed by atoms with Gasteiger partial charge in [-0.05, 0) is 30.4 Å². The quantitative estimate of drug-likeness (QED) is 0.443. The molecule has 0 saturated carbocycles. The first-order valence-corrected chi connectivity index (χ1v) is 13.0. The Labute approximate surface area is 195 Å². The molecule has 33 heavy (non-hydrogen) atoms. The molecule has 2 amide bonds. The number of ketones is 1. The molecular formula is C21H24N4O6S2. The molecule has 0 aromatic carbocycles. The van der Waals surface area contributed by atoms with Gasteiger partial charge in [0.15, 0.2) is 12.0 Å². The first kappa shape index (κ1) is 23.3. The van der Waals surface area contributed by atoms with Crippen LogP contribution in [0.1, 0.15) is 36.5 Å². The predicted molar refractivity (Wildman–Crippen MR) is 119 cm³/mol. The van der Waals surface area contributed by atoms with Crippen LogP contribution >= 0.6 is 11.3 Å². The van der Waals surface area contributed by atoms with Crippen molar-refractivity contribution >= 4 is 39.0 Å². The number of rotatable bonds is 7. The van der Waals surface area contributed by atoms with Gasteiger partial charge in [0.05, 0.1) is 18.2 Å². The van der Waals surface area contributed by atoms with Crippen LogP contribution in [0, 0.1) is 5.21 Å². The van der Waals surface area contributed by atoms with Gasteiger partial charge in [0.25, 0.3) is 5.91 Å². The molecule has 1 N–H and O–H groups in total. The number of nitrogens with zero attached hydrogens (tertiary/aromatic N) is 3. The predicted octanol–water partition coefficient (Wildman–Crippen LogP) is 0.523. The summed E-state index contributed by atoms with van der Waals surface area (Å²) in [6, 6.07) is 3.20. The number of hydrogen-bond acceptors (Lipinski definition) is 7. The molecule has 2 aliphatic rings. The van der Waals surface area contributed by atoms with Crippen LogP contribution in [0.2, 0.25) is 0 Å². The van der Waals surface area contributed by atoms with Crippen molar-refractivity contribution in [1.29, 1.82) is 0 Å².